The van der Waals surface area contributed by atoms with Crippen LogP contribution in [0.15, 0.2) is 91.0 Å². The number of alkyl halides is 6. The van der Waals surface area contributed by atoms with Crippen LogP contribution in [-0.4, -0.2) is 4.57 Å². The molecule has 1 aromatic heterocycles. The third-order valence-electron chi connectivity index (χ3n) is 8.20. The molecular weight excluding hydrogens is 560 g/mol. The summed E-state index contributed by atoms with van der Waals surface area (Å²) in [6.07, 6.45) is -9.28. The van der Waals surface area contributed by atoms with Crippen LogP contribution in [0.4, 0.5) is 26.3 Å². The Hall–Kier alpha value is -4.52. The lowest BCUT2D eigenvalue weighted by molar-refractivity contribution is -0.138. The van der Waals surface area contributed by atoms with Gasteiger partial charge in [0.15, 0.2) is 0 Å². The van der Waals surface area contributed by atoms with Gasteiger partial charge < -0.3 is 4.57 Å². The van der Waals surface area contributed by atoms with E-state index in [1.54, 1.807) is 4.57 Å². The largest absolute Gasteiger partial charge is 0.416 e. The van der Waals surface area contributed by atoms with Crippen LogP contribution >= 0.6 is 0 Å². The molecule has 6 rings (SSSR count). The maximum atomic E-state index is 13.7. The summed E-state index contributed by atoms with van der Waals surface area (Å²) in [5, 5.41) is 0.206. The van der Waals surface area contributed by atoms with E-state index in [0.29, 0.717) is 16.7 Å². The Morgan fingerprint density at radius 3 is 1.47 bits per heavy atom. The fraction of sp³-hybridized carbons (Fsp3) is 0.167. The van der Waals surface area contributed by atoms with Gasteiger partial charge in [0, 0.05) is 16.5 Å². The third-order valence-corrected chi connectivity index (χ3v) is 8.20. The average molecular weight is 588 g/mol. The summed E-state index contributed by atoms with van der Waals surface area (Å²) in [6.45, 7) is 8.16. The summed E-state index contributed by atoms with van der Waals surface area (Å²) in [7, 11) is 0. The Kier molecular flexibility index (Phi) is 6.68. The zero-order chi connectivity index (χ0) is 30.8. The highest BCUT2D eigenvalue weighted by atomic mass is 19.4. The van der Waals surface area contributed by atoms with Gasteiger partial charge in [-0.05, 0) is 127 Å². The maximum Gasteiger partial charge on any atom is 0.416 e. The van der Waals surface area contributed by atoms with Gasteiger partial charge in [-0.1, -0.05) is 36.4 Å². The minimum atomic E-state index is -4.64. The summed E-state index contributed by atoms with van der Waals surface area (Å²) >= 11 is 0. The molecule has 0 N–H and O–H groups in total. The van der Waals surface area contributed by atoms with Crippen molar-refractivity contribution in [1.29, 1.82) is 0 Å². The smallest absolute Gasteiger partial charge is 0.309 e. The van der Waals surface area contributed by atoms with Crippen LogP contribution in [-0.2, 0) is 12.4 Å². The Morgan fingerprint density at radius 1 is 0.442 bits per heavy atom. The van der Waals surface area contributed by atoms with E-state index >= 15 is 0 Å². The molecule has 43 heavy (non-hydrogen) atoms. The molecule has 0 saturated carbocycles. The Labute approximate surface area is 245 Å². The van der Waals surface area contributed by atoms with E-state index in [9.17, 15) is 26.3 Å². The van der Waals surface area contributed by atoms with Gasteiger partial charge >= 0.3 is 12.4 Å². The molecule has 0 radical (unpaired) electrons. The van der Waals surface area contributed by atoms with Crippen molar-refractivity contribution in [3.8, 4) is 27.9 Å². The van der Waals surface area contributed by atoms with Gasteiger partial charge in [-0.25, -0.2) is 0 Å². The minimum absolute atomic E-state index is 0.103. The second-order valence-electron chi connectivity index (χ2n) is 11.1. The first-order valence-corrected chi connectivity index (χ1v) is 13.8. The molecule has 0 aliphatic heterocycles. The number of halogens is 6. The second-order valence-corrected chi connectivity index (χ2v) is 11.1. The van der Waals surface area contributed by atoms with Gasteiger partial charge in [0.2, 0.25) is 0 Å². The quantitative estimate of drug-likeness (QED) is 0.182. The molecule has 6 aromatic rings. The van der Waals surface area contributed by atoms with E-state index in [0.717, 1.165) is 68.8 Å². The van der Waals surface area contributed by atoms with E-state index in [1.165, 1.54) is 12.1 Å². The highest BCUT2D eigenvalue weighted by molar-refractivity contribution is 6.10. The lowest BCUT2D eigenvalue weighted by Gasteiger charge is -2.18. The lowest BCUT2D eigenvalue weighted by Crippen LogP contribution is -2.04. The number of benzene rings is 5. The number of hydrogen-bond acceptors (Lipinski definition) is 0. The molecule has 1 nitrogen and oxygen atoms in total. The van der Waals surface area contributed by atoms with Crippen molar-refractivity contribution in [2.75, 3.05) is 0 Å². The van der Waals surface area contributed by atoms with E-state index in [1.807, 2.05) is 44.2 Å². The highest BCUT2D eigenvalue weighted by Gasteiger charge is 2.33. The third kappa shape index (κ3) is 4.97. The summed E-state index contributed by atoms with van der Waals surface area (Å²) in [4.78, 5) is 0. The number of nitrogens with zero attached hydrogens (tertiary/aromatic N) is 1. The number of hydrogen-bond donors (Lipinski definition) is 0. The van der Waals surface area contributed by atoms with Crippen molar-refractivity contribution in [2.24, 2.45) is 0 Å². The molecule has 0 aliphatic carbocycles. The average Bonchev–Trinajstić information content (AvgIpc) is 3.26. The monoisotopic (exact) mass is 587 g/mol. The summed E-state index contributed by atoms with van der Waals surface area (Å²) in [5.41, 5.74) is 8.06. The number of fused-ring (bicyclic) bond motifs is 3. The molecule has 0 fully saturated rings. The highest BCUT2D eigenvalue weighted by Crippen LogP contribution is 2.41. The summed E-state index contributed by atoms with van der Waals surface area (Å²) in [5.74, 6) is 0. The maximum absolute atomic E-state index is 13.7. The zero-order valence-electron chi connectivity index (χ0n) is 23.9. The molecule has 0 bridgehead atoms. The first kappa shape index (κ1) is 28.6. The normalized spacial score (nSPS) is 12.4. The number of rotatable bonds is 3. The minimum Gasteiger partial charge on any atom is -0.309 e. The van der Waals surface area contributed by atoms with Crippen LogP contribution in [0.25, 0.3) is 49.7 Å². The molecule has 0 atom stereocenters. The van der Waals surface area contributed by atoms with Gasteiger partial charge in [0.25, 0.3) is 0 Å². The molecule has 0 saturated heterocycles. The van der Waals surface area contributed by atoms with Crippen molar-refractivity contribution in [3.63, 3.8) is 0 Å². The van der Waals surface area contributed by atoms with Gasteiger partial charge in [-0.2, -0.15) is 26.3 Å². The molecule has 0 amide bonds. The van der Waals surface area contributed by atoms with Gasteiger partial charge in [0.05, 0.1) is 22.2 Å². The molecule has 7 heteroatoms. The molecule has 1 heterocycles. The van der Waals surface area contributed by atoms with Gasteiger partial charge in [0.1, 0.15) is 0 Å². The van der Waals surface area contributed by atoms with Crippen LogP contribution in [0.5, 0.6) is 0 Å². The molecular formula is C36H27F6N. The van der Waals surface area contributed by atoms with Crippen molar-refractivity contribution in [1.82, 2.24) is 4.57 Å². The fourth-order valence-electron chi connectivity index (χ4n) is 6.00. The predicted molar refractivity (Wildman–Crippen MR) is 161 cm³/mol. The Bertz CT molecular complexity index is 1970. The molecule has 5 aromatic carbocycles. The molecule has 218 valence electrons. The van der Waals surface area contributed by atoms with Gasteiger partial charge in [-0.15, -0.1) is 0 Å². The van der Waals surface area contributed by atoms with E-state index < -0.39 is 23.5 Å². The number of aryl methyl sites for hydroxylation is 4. The van der Waals surface area contributed by atoms with Crippen molar-refractivity contribution in [2.45, 2.75) is 40.0 Å². The van der Waals surface area contributed by atoms with E-state index in [2.05, 4.69) is 38.1 Å². The molecule has 0 unspecified atom stereocenters. The Balaban J connectivity index is 1.61. The molecule has 0 aliphatic rings. The van der Waals surface area contributed by atoms with Crippen LogP contribution < -0.4 is 0 Å². The first-order chi connectivity index (χ1) is 20.2. The van der Waals surface area contributed by atoms with Crippen LogP contribution in [0.2, 0.25) is 0 Å². The van der Waals surface area contributed by atoms with Crippen LogP contribution in [0, 0.1) is 27.7 Å². The van der Waals surface area contributed by atoms with Crippen molar-refractivity contribution < 1.29 is 26.3 Å². The Morgan fingerprint density at radius 2 is 0.930 bits per heavy atom. The summed E-state index contributed by atoms with van der Waals surface area (Å²) in [6, 6.07) is 24.7. The zero-order valence-corrected chi connectivity index (χ0v) is 23.9. The topological polar surface area (TPSA) is 4.93 Å². The van der Waals surface area contributed by atoms with E-state index in [4.69, 9.17) is 0 Å². The van der Waals surface area contributed by atoms with Crippen LogP contribution in [0.1, 0.15) is 33.4 Å². The van der Waals surface area contributed by atoms with Crippen molar-refractivity contribution >= 4 is 21.8 Å². The lowest BCUT2D eigenvalue weighted by atomic mass is 9.88. The second kappa shape index (κ2) is 10.0. The van der Waals surface area contributed by atoms with Crippen LogP contribution in [0.3, 0.4) is 0 Å². The van der Waals surface area contributed by atoms with Gasteiger partial charge in [-0.3, -0.25) is 0 Å². The summed E-state index contributed by atoms with van der Waals surface area (Å²) < 4.78 is 83.7. The fourth-order valence-corrected chi connectivity index (χ4v) is 6.00. The standard InChI is InChI=1S/C36H27F6N/c1-20-7-5-6-8-27(20)29-19-30(23(4)15-22(29)3)28-18-26(12-9-21(28)2)43-33-13-10-24(35(37,38)39)16-31(33)32-17-25(36(40,41)42)11-14-34(32)43/h5-19H,1-4H3. The predicted octanol–water partition coefficient (Wildman–Crippen LogP) is 11.4. The number of aromatic nitrogens is 1. The first-order valence-electron chi connectivity index (χ1n) is 13.8. The van der Waals surface area contributed by atoms with Crippen molar-refractivity contribution in [3.05, 3.63) is 124 Å². The van der Waals surface area contributed by atoms with E-state index in [-0.39, 0.29) is 10.8 Å². The molecule has 0 spiro atoms. The SMILES string of the molecule is Cc1ccccc1-c1cc(-c2cc(-n3c4ccc(C(F)(F)F)cc4c4cc(C(F)(F)F)ccc43)ccc2C)c(C)cc1C.